The summed E-state index contributed by atoms with van der Waals surface area (Å²) in [5, 5.41) is 17.6. The van der Waals surface area contributed by atoms with Gasteiger partial charge in [0, 0.05) is 13.6 Å². The van der Waals surface area contributed by atoms with E-state index in [1.54, 1.807) is 23.0 Å². The number of aryl methyl sites for hydroxylation is 1. The van der Waals surface area contributed by atoms with E-state index in [0.29, 0.717) is 11.3 Å². The molecular formula is C29H26F4N6O2S2. The van der Waals surface area contributed by atoms with Crippen LogP contribution in [0.3, 0.4) is 0 Å². The Kier molecular flexibility index (Phi) is 7.10. The predicted molar refractivity (Wildman–Crippen MR) is 152 cm³/mol. The highest BCUT2D eigenvalue weighted by Crippen LogP contribution is 2.53. The van der Waals surface area contributed by atoms with Crippen LogP contribution in [0.25, 0.3) is 22.3 Å². The minimum Gasteiger partial charge on any atom is -0.267 e. The maximum absolute atomic E-state index is 13.8. The fourth-order valence-corrected chi connectivity index (χ4v) is 9.04. The summed E-state index contributed by atoms with van der Waals surface area (Å²) in [6.07, 6.45) is 1.35. The van der Waals surface area contributed by atoms with Gasteiger partial charge in [0.05, 0.1) is 34.2 Å². The highest BCUT2D eigenvalue weighted by Gasteiger charge is 2.47. The SMILES string of the molecule is Cn1nc(C(F)(F)F)cc1-c1ccc(S(=O)(=O)N(CC#N)C[C@H]2CCC3=Cc4c(cnn4-c4ccc(F)cc4)C[C@@]32C)s1. The van der Waals surface area contributed by atoms with Gasteiger partial charge in [-0.3, -0.25) is 4.68 Å². The first-order chi connectivity index (χ1) is 20.3. The van der Waals surface area contributed by atoms with Gasteiger partial charge in [-0.25, -0.2) is 17.5 Å². The predicted octanol–water partition coefficient (Wildman–Crippen LogP) is 6.06. The molecule has 224 valence electrons. The van der Waals surface area contributed by atoms with E-state index in [2.05, 4.69) is 23.2 Å². The Bertz CT molecular complexity index is 1880. The third-order valence-electron chi connectivity index (χ3n) is 8.49. The van der Waals surface area contributed by atoms with E-state index in [4.69, 9.17) is 0 Å². The molecule has 14 heteroatoms. The lowest BCUT2D eigenvalue weighted by molar-refractivity contribution is -0.141. The highest BCUT2D eigenvalue weighted by molar-refractivity contribution is 7.91. The number of benzene rings is 1. The van der Waals surface area contributed by atoms with E-state index in [0.717, 1.165) is 51.9 Å². The largest absolute Gasteiger partial charge is 0.435 e. The molecule has 0 spiro atoms. The molecule has 2 aliphatic rings. The van der Waals surface area contributed by atoms with Crippen LogP contribution >= 0.6 is 11.3 Å². The number of nitrogens with zero attached hydrogens (tertiary/aromatic N) is 6. The van der Waals surface area contributed by atoms with Gasteiger partial charge in [0.2, 0.25) is 0 Å². The molecule has 0 saturated heterocycles. The summed E-state index contributed by atoms with van der Waals surface area (Å²) in [5.41, 5.74) is 2.52. The van der Waals surface area contributed by atoms with Gasteiger partial charge < -0.3 is 0 Å². The van der Waals surface area contributed by atoms with Crippen molar-refractivity contribution in [3.05, 3.63) is 77.0 Å². The van der Waals surface area contributed by atoms with Crippen LogP contribution in [0.4, 0.5) is 17.6 Å². The first-order valence-corrected chi connectivity index (χ1v) is 15.7. The Morgan fingerprint density at radius 1 is 1.21 bits per heavy atom. The lowest BCUT2D eigenvalue weighted by atomic mass is 9.70. The molecular weight excluding hydrogens is 604 g/mol. The van der Waals surface area contributed by atoms with Crippen molar-refractivity contribution in [1.82, 2.24) is 23.9 Å². The second kappa shape index (κ2) is 10.4. The second-order valence-corrected chi connectivity index (χ2v) is 14.3. The number of hydrogen-bond acceptors (Lipinski definition) is 6. The second-order valence-electron chi connectivity index (χ2n) is 11.1. The molecule has 2 aliphatic carbocycles. The fraction of sp³-hybridized carbons (Fsp3) is 0.345. The Hall–Kier alpha value is -3.80. The lowest BCUT2D eigenvalue weighted by Gasteiger charge is -2.37. The van der Waals surface area contributed by atoms with Gasteiger partial charge in [0.1, 0.15) is 16.6 Å². The van der Waals surface area contributed by atoms with Gasteiger partial charge in [-0.1, -0.05) is 12.5 Å². The average molecular weight is 631 g/mol. The van der Waals surface area contributed by atoms with Crippen molar-refractivity contribution in [3.63, 3.8) is 0 Å². The van der Waals surface area contributed by atoms with Crippen LogP contribution in [-0.2, 0) is 29.7 Å². The number of hydrogen-bond donors (Lipinski definition) is 0. The summed E-state index contributed by atoms with van der Waals surface area (Å²) in [4.78, 5) is 0.317. The Labute approximate surface area is 249 Å². The van der Waals surface area contributed by atoms with Gasteiger partial charge in [0.25, 0.3) is 10.0 Å². The molecule has 0 bridgehead atoms. The standard InChI is InChI=1S/C29H26F4N6O2S2/c1-28-15-18-16-35-39(22-7-5-21(30)6-8-22)23(18)13-19(28)3-4-20(28)17-38(12-11-34)43(40,41)27-10-9-25(42-27)24-14-26(29(31,32)33)36-37(24)2/h5-10,13-14,16,20H,3-4,12,15,17H2,1-2H3/t20-,28+/m1/s1. The molecule has 6 rings (SSSR count). The van der Waals surface area contributed by atoms with E-state index in [1.807, 2.05) is 6.07 Å². The zero-order valence-corrected chi connectivity index (χ0v) is 24.8. The van der Waals surface area contributed by atoms with Crippen molar-refractivity contribution in [2.24, 2.45) is 18.4 Å². The number of rotatable bonds is 7. The molecule has 0 aliphatic heterocycles. The molecule has 2 atom stereocenters. The van der Waals surface area contributed by atoms with Crippen LogP contribution in [0.2, 0.25) is 0 Å². The first kappa shape index (κ1) is 29.3. The summed E-state index contributed by atoms with van der Waals surface area (Å²) in [6.45, 7) is 1.86. The molecule has 1 fully saturated rings. The topological polar surface area (TPSA) is 96.8 Å². The third kappa shape index (κ3) is 5.09. The number of allylic oxidation sites excluding steroid dienone is 1. The summed E-state index contributed by atoms with van der Waals surface area (Å²) < 4.78 is 84.5. The monoisotopic (exact) mass is 630 g/mol. The van der Waals surface area contributed by atoms with Crippen molar-refractivity contribution < 1.29 is 26.0 Å². The van der Waals surface area contributed by atoms with E-state index < -0.39 is 21.9 Å². The number of fused-ring (bicyclic) bond motifs is 2. The van der Waals surface area contributed by atoms with Crippen LogP contribution in [0.1, 0.15) is 36.7 Å². The van der Waals surface area contributed by atoms with Gasteiger partial charge in [0.15, 0.2) is 5.69 Å². The molecule has 3 heterocycles. The Morgan fingerprint density at radius 3 is 2.63 bits per heavy atom. The average Bonchev–Trinajstić information content (AvgIpc) is 3.73. The van der Waals surface area contributed by atoms with Crippen molar-refractivity contribution >= 4 is 27.4 Å². The van der Waals surface area contributed by atoms with Crippen molar-refractivity contribution in [3.8, 4) is 22.3 Å². The van der Waals surface area contributed by atoms with Gasteiger partial charge in [-0.05, 0) is 84.7 Å². The Morgan fingerprint density at radius 2 is 1.95 bits per heavy atom. The minimum atomic E-state index is -4.63. The molecule has 0 amide bonds. The van der Waals surface area contributed by atoms with Crippen LogP contribution in [-0.4, -0.2) is 45.4 Å². The number of alkyl halides is 3. The molecule has 3 aromatic heterocycles. The zero-order valence-electron chi connectivity index (χ0n) is 23.1. The molecule has 0 unspecified atom stereocenters. The number of sulfonamides is 1. The quantitative estimate of drug-likeness (QED) is 0.183. The Balaban J connectivity index is 1.26. The first-order valence-electron chi connectivity index (χ1n) is 13.4. The molecule has 0 radical (unpaired) electrons. The molecule has 1 aromatic carbocycles. The van der Waals surface area contributed by atoms with Crippen LogP contribution in [0.15, 0.2) is 58.4 Å². The fourth-order valence-electron chi connectivity index (χ4n) is 6.15. The normalized spacial score (nSPS) is 20.1. The lowest BCUT2D eigenvalue weighted by Crippen LogP contribution is -2.40. The molecule has 4 aromatic rings. The van der Waals surface area contributed by atoms with E-state index in [1.165, 1.54) is 41.2 Å². The number of aromatic nitrogens is 4. The van der Waals surface area contributed by atoms with Crippen LogP contribution in [0.5, 0.6) is 0 Å². The minimum absolute atomic E-state index is 0.0575. The van der Waals surface area contributed by atoms with Gasteiger partial charge >= 0.3 is 6.18 Å². The zero-order chi connectivity index (χ0) is 30.7. The maximum Gasteiger partial charge on any atom is 0.435 e. The van der Waals surface area contributed by atoms with Gasteiger partial charge in [-0.2, -0.15) is 32.9 Å². The van der Waals surface area contributed by atoms with Crippen LogP contribution < -0.4 is 0 Å². The number of halogens is 4. The van der Waals surface area contributed by atoms with E-state index >= 15 is 0 Å². The van der Waals surface area contributed by atoms with Gasteiger partial charge in [-0.15, -0.1) is 11.3 Å². The molecule has 1 saturated carbocycles. The number of thiophene rings is 1. The third-order valence-corrected chi connectivity index (χ3v) is 11.9. The van der Waals surface area contributed by atoms with Crippen molar-refractivity contribution in [2.75, 3.05) is 13.1 Å². The molecule has 0 N–H and O–H groups in total. The van der Waals surface area contributed by atoms with Crippen molar-refractivity contribution in [2.45, 2.75) is 36.6 Å². The smallest absolute Gasteiger partial charge is 0.267 e. The summed E-state index contributed by atoms with van der Waals surface area (Å²) >= 11 is 0.844. The molecule has 43 heavy (non-hydrogen) atoms. The summed E-state index contributed by atoms with van der Waals surface area (Å²) in [7, 11) is -2.76. The maximum atomic E-state index is 13.8. The summed E-state index contributed by atoms with van der Waals surface area (Å²) in [6, 6.07) is 11.8. The van der Waals surface area contributed by atoms with E-state index in [-0.39, 0.29) is 40.1 Å². The van der Waals surface area contributed by atoms with Crippen LogP contribution in [0, 0.1) is 28.5 Å². The highest BCUT2D eigenvalue weighted by atomic mass is 32.2. The van der Waals surface area contributed by atoms with E-state index in [9.17, 15) is 31.2 Å². The molecule has 8 nitrogen and oxygen atoms in total. The summed E-state index contributed by atoms with van der Waals surface area (Å²) in [5.74, 6) is -0.424. The number of nitriles is 1. The van der Waals surface area contributed by atoms with Crippen molar-refractivity contribution in [1.29, 1.82) is 5.26 Å².